The van der Waals surface area contributed by atoms with Crippen molar-refractivity contribution in [3.8, 4) is 17.1 Å². The van der Waals surface area contributed by atoms with E-state index in [1.165, 1.54) is 0 Å². The van der Waals surface area contributed by atoms with Crippen LogP contribution in [0.1, 0.15) is 32.8 Å². The van der Waals surface area contributed by atoms with Gasteiger partial charge in [0.25, 0.3) is 5.89 Å². The number of amides is 1. The standard InChI is InChI=1S/C19H25N3O6/c1-19(2,3)27-18(23)20-10-13-14(25-5)15(26-13)17-21-16(22-28-17)11-6-8-12(24-4)9-7-11/h6-9,13-15H,10H2,1-5H3,(H,20,23)/t13-,14+,15+/m1/s1. The molecular formula is C19H25N3O6. The number of alkyl carbamates (subject to hydrolysis) is 1. The SMILES string of the molecule is COc1ccc(-c2noc([C@H]3O[C@H](CNC(=O)OC(C)(C)C)[C@@H]3OC)n2)cc1. The van der Waals surface area contributed by atoms with E-state index in [2.05, 4.69) is 15.5 Å². The lowest BCUT2D eigenvalue weighted by Gasteiger charge is -2.41. The summed E-state index contributed by atoms with van der Waals surface area (Å²) < 4.78 is 27.0. The highest BCUT2D eigenvalue weighted by atomic mass is 16.6. The highest BCUT2D eigenvalue weighted by molar-refractivity contribution is 5.67. The van der Waals surface area contributed by atoms with Gasteiger partial charge in [-0.25, -0.2) is 4.79 Å². The molecule has 3 rings (SSSR count). The Labute approximate surface area is 163 Å². The number of hydrogen-bond donors (Lipinski definition) is 1. The van der Waals surface area contributed by atoms with E-state index >= 15 is 0 Å². The molecule has 9 nitrogen and oxygen atoms in total. The smallest absolute Gasteiger partial charge is 0.407 e. The van der Waals surface area contributed by atoms with Crippen molar-refractivity contribution >= 4 is 6.09 Å². The number of nitrogens with one attached hydrogen (secondary N) is 1. The van der Waals surface area contributed by atoms with Gasteiger partial charge < -0.3 is 28.8 Å². The fourth-order valence-corrected chi connectivity index (χ4v) is 2.79. The van der Waals surface area contributed by atoms with Gasteiger partial charge in [-0.15, -0.1) is 0 Å². The van der Waals surface area contributed by atoms with Crippen LogP contribution in [-0.2, 0) is 14.2 Å². The fraction of sp³-hybridized carbons (Fsp3) is 0.526. The Morgan fingerprint density at radius 3 is 2.54 bits per heavy atom. The lowest BCUT2D eigenvalue weighted by atomic mass is 10.0. The number of nitrogens with zero attached hydrogens (tertiary/aromatic N) is 2. The van der Waals surface area contributed by atoms with Gasteiger partial charge in [0, 0.05) is 19.2 Å². The first-order chi connectivity index (χ1) is 13.3. The molecule has 152 valence electrons. The second-order valence-electron chi connectivity index (χ2n) is 7.36. The molecule has 1 aliphatic heterocycles. The summed E-state index contributed by atoms with van der Waals surface area (Å²) in [7, 11) is 3.18. The van der Waals surface area contributed by atoms with Gasteiger partial charge in [0.05, 0.1) is 7.11 Å². The van der Waals surface area contributed by atoms with E-state index in [1.807, 2.05) is 24.3 Å². The molecule has 1 aromatic heterocycles. The lowest BCUT2D eigenvalue weighted by Crippen LogP contribution is -2.54. The largest absolute Gasteiger partial charge is 0.497 e. The van der Waals surface area contributed by atoms with E-state index < -0.39 is 17.8 Å². The zero-order valence-electron chi connectivity index (χ0n) is 16.6. The summed E-state index contributed by atoms with van der Waals surface area (Å²) in [5.74, 6) is 1.52. The highest BCUT2D eigenvalue weighted by Crippen LogP contribution is 2.37. The molecule has 0 radical (unpaired) electrons. The van der Waals surface area contributed by atoms with E-state index in [4.69, 9.17) is 23.5 Å². The number of hydrogen-bond acceptors (Lipinski definition) is 8. The third-order valence-electron chi connectivity index (χ3n) is 4.14. The molecule has 0 spiro atoms. The summed E-state index contributed by atoms with van der Waals surface area (Å²) in [4.78, 5) is 16.2. The molecule has 1 fully saturated rings. The first-order valence-electron chi connectivity index (χ1n) is 8.94. The maximum Gasteiger partial charge on any atom is 0.407 e. The van der Waals surface area contributed by atoms with Crippen LogP contribution in [0, 0.1) is 0 Å². The third kappa shape index (κ3) is 4.60. The van der Waals surface area contributed by atoms with Gasteiger partial charge in [-0.3, -0.25) is 0 Å². The van der Waals surface area contributed by atoms with Crippen LogP contribution in [-0.4, -0.2) is 54.8 Å². The van der Waals surface area contributed by atoms with Crippen molar-refractivity contribution in [3.63, 3.8) is 0 Å². The van der Waals surface area contributed by atoms with Crippen molar-refractivity contribution in [1.29, 1.82) is 0 Å². The van der Waals surface area contributed by atoms with Gasteiger partial charge in [-0.2, -0.15) is 4.98 Å². The molecule has 1 aliphatic rings. The monoisotopic (exact) mass is 391 g/mol. The molecule has 2 aromatic rings. The summed E-state index contributed by atoms with van der Waals surface area (Å²) in [6, 6.07) is 7.33. The number of benzene rings is 1. The lowest BCUT2D eigenvalue weighted by molar-refractivity contribution is -0.241. The minimum atomic E-state index is -0.560. The molecule has 1 aromatic carbocycles. The average Bonchev–Trinajstić information content (AvgIpc) is 3.09. The molecular weight excluding hydrogens is 366 g/mol. The topological polar surface area (TPSA) is 105 Å². The van der Waals surface area contributed by atoms with Gasteiger partial charge in [0.2, 0.25) is 5.82 Å². The molecule has 2 heterocycles. The number of rotatable bonds is 6. The highest BCUT2D eigenvalue weighted by Gasteiger charge is 2.47. The van der Waals surface area contributed by atoms with E-state index in [0.29, 0.717) is 11.7 Å². The maximum absolute atomic E-state index is 11.8. The number of carbonyl (C=O) groups excluding carboxylic acids is 1. The minimum absolute atomic E-state index is 0.253. The molecule has 3 atom stereocenters. The predicted octanol–water partition coefficient (Wildman–Crippen LogP) is 2.72. The van der Waals surface area contributed by atoms with Crippen LogP contribution in [0.15, 0.2) is 28.8 Å². The number of ether oxygens (including phenoxy) is 4. The van der Waals surface area contributed by atoms with Crippen LogP contribution in [0.4, 0.5) is 4.79 Å². The molecule has 0 aliphatic carbocycles. The van der Waals surface area contributed by atoms with Crippen LogP contribution < -0.4 is 10.1 Å². The Morgan fingerprint density at radius 2 is 1.93 bits per heavy atom. The molecule has 0 saturated carbocycles. The van der Waals surface area contributed by atoms with Crippen molar-refractivity contribution in [2.24, 2.45) is 0 Å². The quantitative estimate of drug-likeness (QED) is 0.801. The van der Waals surface area contributed by atoms with E-state index in [1.54, 1.807) is 35.0 Å². The molecule has 28 heavy (non-hydrogen) atoms. The summed E-state index contributed by atoms with van der Waals surface area (Å²) in [5, 5.41) is 6.68. The minimum Gasteiger partial charge on any atom is -0.497 e. The van der Waals surface area contributed by atoms with Crippen LogP contribution in [0.2, 0.25) is 0 Å². The molecule has 1 N–H and O–H groups in total. The van der Waals surface area contributed by atoms with Crippen LogP contribution in [0.3, 0.4) is 0 Å². The summed E-state index contributed by atoms with van der Waals surface area (Å²) in [6.07, 6.45) is -1.65. The van der Waals surface area contributed by atoms with Gasteiger partial charge in [-0.1, -0.05) is 5.16 Å². The van der Waals surface area contributed by atoms with Gasteiger partial charge in [0.15, 0.2) is 6.10 Å². The molecule has 9 heteroatoms. The normalized spacial score (nSPS) is 21.7. The molecule has 0 bridgehead atoms. The van der Waals surface area contributed by atoms with Crippen LogP contribution >= 0.6 is 0 Å². The van der Waals surface area contributed by atoms with Gasteiger partial charge >= 0.3 is 6.09 Å². The van der Waals surface area contributed by atoms with E-state index in [9.17, 15) is 4.79 Å². The fourth-order valence-electron chi connectivity index (χ4n) is 2.79. The van der Waals surface area contributed by atoms with E-state index in [-0.39, 0.29) is 18.8 Å². The van der Waals surface area contributed by atoms with Crippen LogP contribution in [0.5, 0.6) is 5.75 Å². The number of methoxy groups -OCH3 is 2. The molecule has 0 unspecified atom stereocenters. The Bertz CT molecular complexity index is 799. The van der Waals surface area contributed by atoms with Crippen molar-refractivity contribution in [2.45, 2.75) is 44.7 Å². The summed E-state index contributed by atoms with van der Waals surface area (Å²) in [6.45, 7) is 5.66. The van der Waals surface area contributed by atoms with Gasteiger partial charge in [-0.05, 0) is 45.0 Å². The first-order valence-corrected chi connectivity index (χ1v) is 8.94. The third-order valence-corrected chi connectivity index (χ3v) is 4.14. The number of aromatic nitrogens is 2. The van der Waals surface area contributed by atoms with Crippen molar-refractivity contribution in [1.82, 2.24) is 15.5 Å². The first kappa shape index (κ1) is 20.1. The Kier molecular flexibility index (Phi) is 5.85. The Balaban J connectivity index is 1.58. The van der Waals surface area contributed by atoms with Crippen molar-refractivity contribution in [3.05, 3.63) is 30.2 Å². The second kappa shape index (κ2) is 8.15. The Hall–Kier alpha value is -2.65. The number of carbonyl (C=O) groups is 1. The zero-order valence-corrected chi connectivity index (χ0v) is 16.6. The van der Waals surface area contributed by atoms with Crippen molar-refractivity contribution < 1.29 is 28.3 Å². The zero-order chi connectivity index (χ0) is 20.3. The van der Waals surface area contributed by atoms with E-state index in [0.717, 1.165) is 11.3 Å². The summed E-state index contributed by atoms with van der Waals surface area (Å²) >= 11 is 0. The molecule has 1 amide bonds. The maximum atomic E-state index is 11.8. The average molecular weight is 391 g/mol. The van der Waals surface area contributed by atoms with Crippen LogP contribution in [0.25, 0.3) is 11.4 Å². The van der Waals surface area contributed by atoms with Crippen molar-refractivity contribution in [2.75, 3.05) is 20.8 Å². The summed E-state index contributed by atoms with van der Waals surface area (Å²) in [5.41, 5.74) is 0.238. The Morgan fingerprint density at radius 1 is 1.21 bits per heavy atom. The second-order valence-corrected chi connectivity index (χ2v) is 7.36. The molecule has 1 saturated heterocycles. The predicted molar refractivity (Wildman–Crippen MR) is 98.9 cm³/mol. The van der Waals surface area contributed by atoms with Gasteiger partial charge in [0.1, 0.15) is 23.6 Å².